The van der Waals surface area contributed by atoms with Crippen molar-refractivity contribution in [2.45, 2.75) is 33.6 Å². The fourth-order valence-corrected chi connectivity index (χ4v) is 2.62. The highest BCUT2D eigenvalue weighted by molar-refractivity contribution is 9.10. The highest BCUT2D eigenvalue weighted by Gasteiger charge is 2.13. The van der Waals surface area contributed by atoms with Gasteiger partial charge in [0.25, 0.3) is 0 Å². The third-order valence-corrected chi connectivity index (χ3v) is 3.64. The molecule has 0 fully saturated rings. The molecule has 0 amide bonds. The number of halogens is 1. The Bertz CT molecular complexity index is 599. The molecule has 0 saturated carbocycles. The summed E-state index contributed by atoms with van der Waals surface area (Å²) in [6.45, 7) is 5.72. The summed E-state index contributed by atoms with van der Waals surface area (Å²) in [7, 11) is 0. The lowest BCUT2D eigenvalue weighted by atomic mass is 10.2. The van der Waals surface area contributed by atoms with Crippen molar-refractivity contribution in [2.24, 2.45) is 0 Å². The summed E-state index contributed by atoms with van der Waals surface area (Å²) in [5.41, 5.74) is 1.77. The zero-order chi connectivity index (χ0) is 15.2. The number of imidazole rings is 1. The molecule has 0 bridgehead atoms. The Morgan fingerprint density at radius 2 is 2.10 bits per heavy atom. The van der Waals surface area contributed by atoms with Gasteiger partial charge in [-0.3, -0.25) is 0 Å². The van der Waals surface area contributed by atoms with Crippen LogP contribution in [0.25, 0.3) is 0 Å². The molecule has 2 rings (SSSR count). The van der Waals surface area contributed by atoms with Gasteiger partial charge in [0.1, 0.15) is 6.61 Å². The van der Waals surface area contributed by atoms with Crippen LogP contribution in [0, 0.1) is 0 Å². The third kappa shape index (κ3) is 3.77. The molecule has 0 aliphatic heterocycles. The Morgan fingerprint density at radius 1 is 1.29 bits per heavy atom. The van der Waals surface area contributed by atoms with Crippen LogP contribution in [-0.2, 0) is 19.8 Å². The average Bonchev–Trinajstić information content (AvgIpc) is 2.94. The Hall–Kier alpha value is -1.53. The van der Waals surface area contributed by atoms with Gasteiger partial charge in [0.15, 0.2) is 11.5 Å². The van der Waals surface area contributed by atoms with E-state index in [0.29, 0.717) is 24.7 Å². The Kier molecular flexibility index (Phi) is 5.64. The van der Waals surface area contributed by atoms with Crippen LogP contribution in [0.3, 0.4) is 0 Å². The minimum atomic E-state index is -0.0401. The summed E-state index contributed by atoms with van der Waals surface area (Å²) in [6, 6.07) is 3.62. The average molecular weight is 355 g/mol. The smallest absolute Gasteiger partial charge is 0.175 e. The fourth-order valence-electron chi connectivity index (χ4n) is 2.01. The van der Waals surface area contributed by atoms with E-state index in [0.717, 1.165) is 22.3 Å². The number of aromatic nitrogens is 2. The second kappa shape index (κ2) is 7.47. The molecule has 1 aromatic carbocycles. The number of rotatable bonds is 7. The van der Waals surface area contributed by atoms with Crippen LogP contribution >= 0.6 is 15.9 Å². The number of aliphatic hydroxyl groups is 1. The summed E-state index contributed by atoms with van der Waals surface area (Å²) in [4.78, 5) is 4.12. The summed E-state index contributed by atoms with van der Waals surface area (Å²) in [5.74, 6) is 1.26. The standard InChI is InChI=1S/C15H19BrN2O3/c1-3-18-10-17-7-12(18)9-21-15-13(16)5-11(8-19)6-14(15)20-4-2/h5-7,10,19H,3-4,8-9H2,1-2H3. The van der Waals surface area contributed by atoms with E-state index in [-0.39, 0.29) is 6.61 Å². The van der Waals surface area contributed by atoms with E-state index in [1.165, 1.54) is 0 Å². The highest BCUT2D eigenvalue weighted by Crippen LogP contribution is 2.37. The number of benzene rings is 1. The topological polar surface area (TPSA) is 56.5 Å². The maximum atomic E-state index is 9.27. The van der Waals surface area contributed by atoms with Crippen molar-refractivity contribution in [1.29, 1.82) is 0 Å². The number of nitrogens with zero attached hydrogens (tertiary/aromatic N) is 2. The number of hydrogen-bond donors (Lipinski definition) is 1. The molecule has 0 atom stereocenters. The minimum Gasteiger partial charge on any atom is -0.490 e. The van der Waals surface area contributed by atoms with Crippen molar-refractivity contribution in [1.82, 2.24) is 9.55 Å². The lowest BCUT2D eigenvalue weighted by molar-refractivity contribution is 0.257. The first-order valence-electron chi connectivity index (χ1n) is 6.87. The Labute approximate surface area is 132 Å². The number of ether oxygens (including phenoxy) is 2. The van der Waals surface area contributed by atoms with Crippen LogP contribution in [-0.4, -0.2) is 21.3 Å². The van der Waals surface area contributed by atoms with Crippen LogP contribution in [0.5, 0.6) is 11.5 Å². The molecule has 21 heavy (non-hydrogen) atoms. The van der Waals surface area contributed by atoms with Gasteiger partial charge in [-0.25, -0.2) is 4.98 Å². The monoisotopic (exact) mass is 354 g/mol. The van der Waals surface area contributed by atoms with E-state index in [1.807, 2.05) is 17.6 Å². The summed E-state index contributed by atoms with van der Waals surface area (Å²) >= 11 is 3.47. The van der Waals surface area contributed by atoms with E-state index in [4.69, 9.17) is 9.47 Å². The van der Waals surface area contributed by atoms with Gasteiger partial charge in [-0.1, -0.05) is 0 Å². The van der Waals surface area contributed by atoms with Crippen molar-refractivity contribution in [3.05, 3.63) is 40.4 Å². The quantitative estimate of drug-likeness (QED) is 0.829. The van der Waals surface area contributed by atoms with Crippen molar-refractivity contribution >= 4 is 15.9 Å². The first-order valence-corrected chi connectivity index (χ1v) is 7.66. The molecule has 1 N–H and O–H groups in total. The molecule has 0 saturated heterocycles. The highest BCUT2D eigenvalue weighted by atomic mass is 79.9. The zero-order valence-electron chi connectivity index (χ0n) is 12.2. The van der Waals surface area contributed by atoms with Crippen LogP contribution in [0.4, 0.5) is 0 Å². The second-order valence-electron chi connectivity index (χ2n) is 4.46. The van der Waals surface area contributed by atoms with Gasteiger partial charge in [-0.2, -0.15) is 0 Å². The van der Waals surface area contributed by atoms with Gasteiger partial charge in [0.05, 0.1) is 35.9 Å². The first kappa shape index (κ1) is 15.9. The largest absolute Gasteiger partial charge is 0.490 e. The fraction of sp³-hybridized carbons (Fsp3) is 0.400. The van der Waals surface area contributed by atoms with Crippen LogP contribution in [0.1, 0.15) is 25.1 Å². The molecule has 0 spiro atoms. The molecule has 0 aliphatic carbocycles. The number of hydrogen-bond acceptors (Lipinski definition) is 4. The first-order chi connectivity index (χ1) is 10.2. The SMILES string of the molecule is CCOc1cc(CO)cc(Br)c1OCc1cncn1CC. The molecule has 2 aromatic rings. The van der Waals surface area contributed by atoms with E-state index in [9.17, 15) is 5.11 Å². The van der Waals surface area contributed by atoms with Gasteiger partial charge in [-0.05, 0) is 47.5 Å². The summed E-state index contributed by atoms with van der Waals surface area (Å²) < 4.78 is 14.3. The van der Waals surface area contributed by atoms with Crippen LogP contribution < -0.4 is 9.47 Å². The van der Waals surface area contributed by atoms with Gasteiger partial charge in [0.2, 0.25) is 0 Å². The second-order valence-corrected chi connectivity index (χ2v) is 5.31. The molecular formula is C15H19BrN2O3. The van der Waals surface area contributed by atoms with Crippen molar-refractivity contribution in [3.63, 3.8) is 0 Å². The van der Waals surface area contributed by atoms with Crippen molar-refractivity contribution < 1.29 is 14.6 Å². The summed E-state index contributed by atoms with van der Waals surface area (Å²) in [6.07, 6.45) is 3.58. The normalized spacial score (nSPS) is 10.7. The maximum Gasteiger partial charge on any atom is 0.175 e. The molecular weight excluding hydrogens is 336 g/mol. The van der Waals surface area contributed by atoms with Gasteiger partial charge < -0.3 is 19.1 Å². The summed E-state index contributed by atoms with van der Waals surface area (Å²) in [5, 5.41) is 9.27. The molecule has 114 valence electrons. The minimum absolute atomic E-state index is 0.0401. The van der Waals surface area contributed by atoms with E-state index in [1.54, 1.807) is 18.6 Å². The Balaban J connectivity index is 2.22. The Morgan fingerprint density at radius 3 is 2.76 bits per heavy atom. The maximum absolute atomic E-state index is 9.27. The molecule has 0 unspecified atom stereocenters. The molecule has 6 heteroatoms. The van der Waals surface area contributed by atoms with Gasteiger partial charge >= 0.3 is 0 Å². The molecule has 1 heterocycles. The van der Waals surface area contributed by atoms with Gasteiger partial charge in [-0.15, -0.1) is 0 Å². The molecule has 5 nitrogen and oxygen atoms in total. The van der Waals surface area contributed by atoms with Crippen LogP contribution in [0.15, 0.2) is 29.1 Å². The zero-order valence-corrected chi connectivity index (χ0v) is 13.8. The van der Waals surface area contributed by atoms with Crippen LogP contribution in [0.2, 0.25) is 0 Å². The predicted molar refractivity (Wildman–Crippen MR) is 83.5 cm³/mol. The van der Waals surface area contributed by atoms with E-state index < -0.39 is 0 Å². The molecule has 1 aromatic heterocycles. The number of aliphatic hydroxyl groups excluding tert-OH is 1. The molecule has 0 radical (unpaired) electrons. The van der Waals surface area contributed by atoms with E-state index >= 15 is 0 Å². The van der Waals surface area contributed by atoms with E-state index in [2.05, 4.69) is 27.8 Å². The van der Waals surface area contributed by atoms with Gasteiger partial charge in [0, 0.05) is 6.54 Å². The van der Waals surface area contributed by atoms with Crippen molar-refractivity contribution in [3.8, 4) is 11.5 Å². The number of aryl methyl sites for hydroxylation is 1. The lowest BCUT2D eigenvalue weighted by Crippen LogP contribution is -2.05. The third-order valence-electron chi connectivity index (χ3n) is 3.06. The van der Waals surface area contributed by atoms with Crippen molar-refractivity contribution in [2.75, 3.05) is 6.61 Å². The molecule has 0 aliphatic rings. The lowest BCUT2D eigenvalue weighted by Gasteiger charge is -2.15. The predicted octanol–water partition coefficient (Wildman–Crippen LogP) is 3.14.